The first-order chi connectivity index (χ1) is 12.2. The molecule has 132 valence electrons. The van der Waals surface area contributed by atoms with Crippen LogP contribution >= 0.6 is 0 Å². The van der Waals surface area contributed by atoms with Gasteiger partial charge in [0, 0.05) is 19.6 Å². The van der Waals surface area contributed by atoms with Crippen LogP contribution in [0.15, 0.2) is 60.7 Å². The van der Waals surface area contributed by atoms with Crippen molar-refractivity contribution in [1.82, 2.24) is 10.2 Å². The second kappa shape index (κ2) is 8.79. The van der Waals surface area contributed by atoms with Crippen molar-refractivity contribution < 1.29 is 4.79 Å². The molecule has 1 heterocycles. The van der Waals surface area contributed by atoms with Gasteiger partial charge in [0.05, 0.1) is 0 Å². The third-order valence-electron chi connectivity index (χ3n) is 4.94. The highest BCUT2D eigenvalue weighted by atomic mass is 16.2. The van der Waals surface area contributed by atoms with Gasteiger partial charge in [0.15, 0.2) is 0 Å². The van der Waals surface area contributed by atoms with E-state index < -0.39 is 6.04 Å². The van der Waals surface area contributed by atoms with Gasteiger partial charge in [-0.3, -0.25) is 4.79 Å². The molecule has 2 aromatic rings. The van der Waals surface area contributed by atoms with E-state index in [0.29, 0.717) is 12.5 Å². The Hall–Kier alpha value is -2.17. The fourth-order valence-corrected chi connectivity index (χ4v) is 3.38. The lowest BCUT2D eigenvalue weighted by molar-refractivity contribution is -0.122. The van der Waals surface area contributed by atoms with Crippen molar-refractivity contribution in [3.8, 4) is 0 Å². The number of benzene rings is 2. The summed E-state index contributed by atoms with van der Waals surface area (Å²) in [5, 5.41) is 3.03. The van der Waals surface area contributed by atoms with Crippen molar-refractivity contribution in [1.29, 1.82) is 0 Å². The molecule has 2 atom stereocenters. The number of nitrogens with two attached hydrogens (primary N) is 1. The van der Waals surface area contributed by atoms with Crippen LogP contribution in [0.25, 0.3) is 0 Å². The molecule has 1 saturated heterocycles. The summed E-state index contributed by atoms with van der Waals surface area (Å²) in [5.41, 5.74) is 8.28. The minimum Gasteiger partial charge on any atom is -0.354 e. The molecule has 1 aliphatic heterocycles. The van der Waals surface area contributed by atoms with Crippen LogP contribution in [0, 0.1) is 5.92 Å². The summed E-state index contributed by atoms with van der Waals surface area (Å²) < 4.78 is 0. The highest BCUT2D eigenvalue weighted by Crippen LogP contribution is 2.16. The predicted octanol–water partition coefficient (Wildman–Crippen LogP) is 2.37. The number of amides is 1. The maximum Gasteiger partial charge on any atom is 0.241 e. The van der Waals surface area contributed by atoms with Crippen LogP contribution in [0.2, 0.25) is 0 Å². The Balaban J connectivity index is 1.39. The summed E-state index contributed by atoms with van der Waals surface area (Å²) in [4.78, 5) is 14.7. The summed E-state index contributed by atoms with van der Waals surface area (Å²) in [6.45, 7) is 3.95. The van der Waals surface area contributed by atoms with Gasteiger partial charge < -0.3 is 16.0 Å². The second-order valence-corrected chi connectivity index (χ2v) is 6.82. The van der Waals surface area contributed by atoms with E-state index in [9.17, 15) is 4.79 Å². The molecule has 1 aliphatic rings. The summed E-state index contributed by atoms with van der Waals surface area (Å²) in [6.07, 6.45) is 2.22. The van der Waals surface area contributed by atoms with Gasteiger partial charge in [0.2, 0.25) is 5.91 Å². The Kier molecular flexibility index (Phi) is 6.20. The predicted molar refractivity (Wildman–Crippen MR) is 101 cm³/mol. The van der Waals surface area contributed by atoms with E-state index >= 15 is 0 Å². The molecule has 3 rings (SSSR count). The number of carbonyl (C=O) groups excluding carboxylic acids is 1. The van der Waals surface area contributed by atoms with Gasteiger partial charge >= 0.3 is 0 Å². The Labute approximate surface area is 150 Å². The third-order valence-corrected chi connectivity index (χ3v) is 4.94. The van der Waals surface area contributed by atoms with Crippen LogP contribution in [-0.2, 0) is 11.2 Å². The summed E-state index contributed by atoms with van der Waals surface area (Å²) >= 11 is 0. The van der Waals surface area contributed by atoms with E-state index in [1.54, 1.807) is 0 Å². The van der Waals surface area contributed by atoms with E-state index in [4.69, 9.17) is 5.73 Å². The van der Waals surface area contributed by atoms with Crippen molar-refractivity contribution in [2.45, 2.75) is 18.9 Å². The average Bonchev–Trinajstić information content (AvgIpc) is 3.13. The van der Waals surface area contributed by atoms with Gasteiger partial charge in [-0.25, -0.2) is 0 Å². The van der Waals surface area contributed by atoms with E-state index in [1.165, 1.54) is 5.56 Å². The molecule has 0 bridgehead atoms. The number of carbonyl (C=O) groups is 1. The molecule has 3 N–H and O–H groups in total. The first-order valence-electron chi connectivity index (χ1n) is 9.07. The highest BCUT2D eigenvalue weighted by molar-refractivity contribution is 5.82. The lowest BCUT2D eigenvalue weighted by Gasteiger charge is -2.17. The zero-order valence-electron chi connectivity index (χ0n) is 14.6. The summed E-state index contributed by atoms with van der Waals surface area (Å²) in [5.74, 6) is 0.427. The summed E-state index contributed by atoms with van der Waals surface area (Å²) in [7, 11) is 0. The number of nitrogens with one attached hydrogen (secondary N) is 1. The maximum atomic E-state index is 12.2. The van der Waals surface area contributed by atoms with Gasteiger partial charge in [0.25, 0.3) is 0 Å². The number of hydrogen-bond acceptors (Lipinski definition) is 3. The van der Waals surface area contributed by atoms with Crippen molar-refractivity contribution >= 4 is 5.91 Å². The number of hydrogen-bond donors (Lipinski definition) is 2. The smallest absolute Gasteiger partial charge is 0.241 e. The van der Waals surface area contributed by atoms with Gasteiger partial charge in [-0.15, -0.1) is 0 Å². The topological polar surface area (TPSA) is 58.4 Å². The molecule has 1 amide bonds. The van der Waals surface area contributed by atoms with Crippen molar-refractivity contribution in [2.75, 3.05) is 26.2 Å². The van der Waals surface area contributed by atoms with Crippen molar-refractivity contribution in [3.05, 3.63) is 71.8 Å². The first-order valence-corrected chi connectivity index (χ1v) is 9.07. The molecule has 0 saturated carbocycles. The molecule has 1 fully saturated rings. The van der Waals surface area contributed by atoms with Crippen LogP contribution in [0.5, 0.6) is 0 Å². The van der Waals surface area contributed by atoms with Gasteiger partial charge in [-0.2, -0.15) is 0 Å². The van der Waals surface area contributed by atoms with Crippen molar-refractivity contribution in [2.24, 2.45) is 11.7 Å². The normalized spacial score (nSPS) is 18.8. The zero-order chi connectivity index (χ0) is 17.5. The highest BCUT2D eigenvalue weighted by Gasteiger charge is 2.23. The second-order valence-electron chi connectivity index (χ2n) is 6.82. The molecule has 2 unspecified atom stereocenters. The Bertz CT molecular complexity index is 659. The van der Waals surface area contributed by atoms with E-state index in [1.807, 2.05) is 30.3 Å². The van der Waals surface area contributed by atoms with Crippen LogP contribution in [0.4, 0.5) is 0 Å². The van der Waals surface area contributed by atoms with Crippen LogP contribution in [-0.4, -0.2) is 37.0 Å². The minimum absolute atomic E-state index is 0.0889. The number of likely N-dealkylation sites (tertiary alicyclic amines) is 1. The van der Waals surface area contributed by atoms with Gasteiger partial charge in [-0.05, 0) is 36.4 Å². The largest absolute Gasteiger partial charge is 0.354 e. The van der Waals surface area contributed by atoms with Crippen molar-refractivity contribution in [3.63, 3.8) is 0 Å². The zero-order valence-corrected chi connectivity index (χ0v) is 14.6. The fourth-order valence-electron chi connectivity index (χ4n) is 3.38. The average molecular weight is 337 g/mol. The molecule has 4 nitrogen and oxygen atoms in total. The minimum atomic E-state index is -0.586. The lowest BCUT2D eigenvalue weighted by atomic mass is 10.1. The summed E-state index contributed by atoms with van der Waals surface area (Å²) in [6, 6.07) is 19.5. The SMILES string of the molecule is NC(C(=O)NCC1CCN(CCc2ccccc2)C1)c1ccccc1. The fraction of sp³-hybridized carbons (Fsp3) is 0.381. The van der Waals surface area contributed by atoms with E-state index in [-0.39, 0.29) is 5.91 Å². The van der Waals surface area contributed by atoms with E-state index in [2.05, 4.69) is 40.5 Å². The molecular formula is C21H27N3O. The van der Waals surface area contributed by atoms with Crippen LogP contribution in [0.3, 0.4) is 0 Å². The van der Waals surface area contributed by atoms with Gasteiger partial charge in [-0.1, -0.05) is 60.7 Å². The first kappa shape index (κ1) is 17.6. The molecule has 4 heteroatoms. The Morgan fingerprint density at radius 3 is 2.52 bits per heavy atom. The van der Waals surface area contributed by atoms with Crippen LogP contribution < -0.4 is 11.1 Å². The Morgan fingerprint density at radius 2 is 1.80 bits per heavy atom. The molecule has 0 spiro atoms. The monoisotopic (exact) mass is 337 g/mol. The molecule has 25 heavy (non-hydrogen) atoms. The lowest BCUT2D eigenvalue weighted by Crippen LogP contribution is -2.37. The standard InChI is InChI=1S/C21H27N3O/c22-20(19-9-5-2-6-10-19)21(25)23-15-18-12-14-24(16-18)13-11-17-7-3-1-4-8-17/h1-10,18,20H,11-16,22H2,(H,23,25). The molecule has 0 radical (unpaired) electrons. The Morgan fingerprint density at radius 1 is 1.12 bits per heavy atom. The quantitative estimate of drug-likeness (QED) is 0.815. The third kappa shape index (κ3) is 5.15. The number of nitrogens with zero attached hydrogens (tertiary/aromatic N) is 1. The van der Waals surface area contributed by atoms with Gasteiger partial charge in [0.1, 0.15) is 6.04 Å². The number of rotatable bonds is 7. The van der Waals surface area contributed by atoms with E-state index in [0.717, 1.165) is 38.0 Å². The molecule has 0 aromatic heterocycles. The molecule has 2 aromatic carbocycles. The van der Waals surface area contributed by atoms with Crippen LogP contribution in [0.1, 0.15) is 23.6 Å². The molecular weight excluding hydrogens is 310 g/mol. The maximum absolute atomic E-state index is 12.2. The molecule has 0 aliphatic carbocycles.